The lowest BCUT2D eigenvalue weighted by molar-refractivity contribution is -0.116. The van der Waals surface area contributed by atoms with Gasteiger partial charge in [0.15, 0.2) is 5.75 Å². The van der Waals surface area contributed by atoms with Crippen LogP contribution in [0.3, 0.4) is 0 Å². The van der Waals surface area contributed by atoms with Crippen molar-refractivity contribution in [2.45, 2.75) is 58.1 Å². The maximum atomic E-state index is 13.9. The van der Waals surface area contributed by atoms with Crippen LogP contribution in [0.4, 0.5) is 27.5 Å². The Hall–Kier alpha value is -5.62. The fourth-order valence-electron chi connectivity index (χ4n) is 6.24. The van der Waals surface area contributed by atoms with Crippen LogP contribution in [0.25, 0.3) is 10.8 Å². The number of benzene rings is 4. The first kappa shape index (κ1) is 37.6. The molecule has 0 radical (unpaired) electrons. The molecule has 0 fully saturated rings. The summed E-state index contributed by atoms with van der Waals surface area (Å²) in [4.78, 5) is 56.0. The molecule has 6 N–H and O–H groups in total. The van der Waals surface area contributed by atoms with Crippen LogP contribution in [-0.2, 0) is 9.59 Å². The van der Waals surface area contributed by atoms with Crippen molar-refractivity contribution in [1.29, 1.82) is 0 Å². The molecule has 1 heterocycles. The van der Waals surface area contributed by atoms with E-state index < -0.39 is 12.1 Å². The third-order valence-electron chi connectivity index (χ3n) is 9.34. The smallest absolute Gasteiger partial charge is 0.321 e. The van der Waals surface area contributed by atoms with Gasteiger partial charge in [0.05, 0.1) is 47.5 Å². The number of nitrogen functional groups attached to an aromatic ring is 1. The Balaban J connectivity index is 1.25. The molecule has 3 atom stereocenters. The van der Waals surface area contributed by atoms with Gasteiger partial charge in [-0.25, -0.2) is 4.79 Å². The minimum Gasteiger partial charge on any atom is -0.485 e. The SMILES string of the molecule is C[C@@H]1CN([C@H](C)CO)C(=O)c2cccc(NC(=O)CCCCCC(=O)Nc3ccccc3N)c2O[C@H]1CN(C)C(=O)Nc1cccc2ccccc12. The molecule has 5 amide bonds. The summed E-state index contributed by atoms with van der Waals surface area (Å²) in [6, 6.07) is 24.8. The number of fused-ring (bicyclic) bond motifs is 2. The number of aliphatic hydroxyl groups excluding tert-OH is 1. The Kier molecular flexibility index (Phi) is 12.7. The number of rotatable bonds is 13. The first-order chi connectivity index (χ1) is 25.0. The molecule has 0 bridgehead atoms. The molecule has 1 aliphatic rings. The highest BCUT2D eigenvalue weighted by Crippen LogP contribution is 2.35. The number of nitrogens with two attached hydrogens (primary N) is 1. The lowest BCUT2D eigenvalue weighted by Gasteiger charge is -2.38. The van der Waals surface area contributed by atoms with E-state index in [0.717, 1.165) is 10.8 Å². The van der Waals surface area contributed by atoms with Gasteiger partial charge in [0.2, 0.25) is 11.8 Å². The van der Waals surface area contributed by atoms with Crippen molar-refractivity contribution in [3.8, 4) is 5.75 Å². The summed E-state index contributed by atoms with van der Waals surface area (Å²) in [5, 5.41) is 20.7. The van der Waals surface area contributed by atoms with E-state index >= 15 is 0 Å². The topological polar surface area (TPSA) is 166 Å². The Morgan fingerprint density at radius 1 is 0.865 bits per heavy atom. The number of para-hydroxylation sites is 3. The number of ether oxygens (including phenoxy) is 1. The predicted octanol–water partition coefficient (Wildman–Crippen LogP) is 6.33. The van der Waals surface area contributed by atoms with Gasteiger partial charge in [-0.15, -0.1) is 0 Å². The number of hydrogen-bond acceptors (Lipinski definition) is 7. The molecule has 4 aromatic carbocycles. The monoisotopic (exact) mass is 708 g/mol. The average molecular weight is 709 g/mol. The first-order valence-corrected chi connectivity index (χ1v) is 17.7. The maximum absolute atomic E-state index is 13.9. The number of carbonyl (C=O) groups excluding carboxylic acids is 4. The molecule has 0 aromatic heterocycles. The van der Waals surface area contributed by atoms with Crippen molar-refractivity contribution in [1.82, 2.24) is 9.80 Å². The second-order valence-corrected chi connectivity index (χ2v) is 13.4. The van der Waals surface area contributed by atoms with E-state index in [1.165, 1.54) is 0 Å². The van der Waals surface area contributed by atoms with Gasteiger partial charge < -0.3 is 41.3 Å². The van der Waals surface area contributed by atoms with Gasteiger partial charge in [-0.05, 0) is 55.5 Å². The summed E-state index contributed by atoms with van der Waals surface area (Å²) in [6.07, 6.45) is 1.75. The number of nitrogens with one attached hydrogen (secondary N) is 3. The van der Waals surface area contributed by atoms with Gasteiger partial charge in [0, 0.05) is 37.7 Å². The predicted molar refractivity (Wildman–Crippen MR) is 204 cm³/mol. The molecule has 274 valence electrons. The lowest BCUT2D eigenvalue weighted by Crippen LogP contribution is -2.50. The molecule has 12 nitrogen and oxygen atoms in total. The number of hydrogen-bond donors (Lipinski definition) is 5. The number of urea groups is 1. The molecule has 0 unspecified atom stereocenters. The van der Waals surface area contributed by atoms with Gasteiger partial charge >= 0.3 is 6.03 Å². The molecule has 0 saturated heterocycles. The summed E-state index contributed by atoms with van der Waals surface area (Å²) >= 11 is 0. The zero-order valence-electron chi connectivity index (χ0n) is 29.9. The van der Waals surface area contributed by atoms with Crippen LogP contribution in [0.1, 0.15) is 56.3 Å². The van der Waals surface area contributed by atoms with E-state index in [0.29, 0.717) is 48.4 Å². The van der Waals surface area contributed by atoms with Crippen LogP contribution < -0.4 is 26.4 Å². The van der Waals surface area contributed by atoms with E-state index in [9.17, 15) is 24.3 Å². The van der Waals surface area contributed by atoms with Crippen LogP contribution in [-0.4, -0.2) is 77.5 Å². The fraction of sp³-hybridized carbons (Fsp3) is 0.350. The van der Waals surface area contributed by atoms with E-state index in [2.05, 4.69) is 16.0 Å². The van der Waals surface area contributed by atoms with E-state index in [-0.39, 0.29) is 67.1 Å². The molecule has 0 aliphatic carbocycles. The number of amides is 5. The normalized spacial score (nSPS) is 16.2. The van der Waals surface area contributed by atoms with Gasteiger partial charge in [-0.3, -0.25) is 14.4 Å². The molecule has 1 aliphatic heterocycles. The third kappa shape index (κ3) is 9.38. The van der Waals surface area contributed by atoms with Crippen LogP contribution in [0.5, 0.6) is 5.75 Å². The van der Waals surface area contributed by atoms with Crippen molar-refractivity contribution in [3.05, 3.63) is 90.5 Å². The van der Waals surface area contributed by atoms with Crippen molar-refractivity contribution in [2.75, 3.05) is 48.4 Å². The quantitative estimate of drug-likeness (QED) is 0.0799. The summed E-state index contributed by atoms with van der Waals surface area (Å²) in [5.41, 5.74) is 8.26. The number of likely N-dealkylation sites (N-methyl/N-ethyl adjacent to an activating group) is 1. The first-order valence-electron chi connectivity index (χ1n) is 17.7. The molecule has 4 aromatic rings. The van der Waals surface area contributed by atoms with Gasteiger partial charge in [-0.1, -0.05) is 67.9 Å². The Morgan fingerprint density at radius 2 is 1.48 bits per heavy atom. The standard InChI is InChI=1S/C40H48N6O6/c1-26-23-46(27(2)25-47)39(50)30-16-12-20-34(43-37(49)22-6-4-5-21-36(48)42-33-18-10-9-17-31(33)41)38(30)52-35(26)24-45(3)40(51)44-32-19-11-14-28-13-7-8-15-29(28)32/h7-20,26-27,35,47H,4-6,21-25,41H2,1-3H3,(H,42,48)(H,43,49)(H,44,51)/t26-,27-,35+/m1/s1. The molecule has 5 rings (SSSR count). The zero-order valence-corrected chi connectivity index (χ0v) is 29.9. The van der Waals surface area contributed by atoms with Crippen LogP contribution in [0.2, 0.25) is 0 Å². The van der Waals surface area contributed by atoms with Gasteiger partial charge in [0.1, 0.15) is 6.10 Å². The molecule has 0 spiro atoms. The molecular formula is C40H48N6O6. The summed E-state index contributed by atoms with van der Waals surface area (Å²) in [6.45, 7) is 3.95. The zero-order chi connectivity index (χ0) is 37.2. The Labute approximate surface area is 304 Å². The van der Waals surface area contributed by atoms with Crippen LogP contribution in [0, 0.1) is 5.92 Å². The van der Waals surface area contributed by atoms with Crippen LogP contribution in [0.15, 0.2) is 84.9 Å². The lowest BCUT2D eigenvalue weighted by atomic mass is 9.99. The van der Waals surface area contributed by atoms with E-state index in [1.807, 2.05) is 49.4 Å². The third-order valence-corrected chi connectivity index (χ3v) is 9.34. The van der Waals surface area contributed by atoms with E-state index in [4.69, 9.17) is 10.5 Å². The van der Waals surface area contributed by atoms with Crippen molar-refractivity contribution >= 4 is 57.3 Å². The second kappa shape index (κ2) is 17.5. The Bertz CT molecular complexity index is 1890. The maximum Gasteiger partial charge on any atom is 0.321 e. The highest BCUT2D eigenvalue weighted by atomic mass is 16.5. The molecule has 0 saturated carbocycles. The van der Waals surface area contributed by atoms with Gasteiger partial charge in [0.25, 0.3) is 5.91 Å². The van der Waals surface area contributed by atoms with Crippen molar-refractivity contribution in [3.63, 3.8) is 0 Å². The van der Waals surface area contributed by atoms with Crippen molar-refractivity contribution in [2.24, 2.45) is 5.92 Å². The molecule has 52 heavy (non-hydrogen) atoms. The fourth-order valence-corrected chi connectivity index (χ4v) is 6.24. The summed E-state index contributed by atoms with van der Waals surface area (Å²) in [7, 11) is 1.68. The summed E-state index contributed by atoms with van der Waals surface area (Å²) < 4.78 is 6.58. The Morgan fingerprint density at radius 3 is 2.21 bits per heavy atom. The van der Waals surface area contributed by atoms with E-state index in [1.54, 1.807) is 66.2 Å². The second-order valence-electron chi connectivity index (χ2n) is 13.4. The molecule has 12 heteroatoms. The number of carbonyl (C=O) groups is 4. The minimum absolute atomic E-state index is 0.142. The average Bonchev–Trinajstić information content (AvgIpc) is 3.13. The highest BCUT2D eigenvalue weighted by Gasteiger charge is 2.35. The number of anilines is 4. The highest BCUT2D eigenvalue weighted by molar-refractivity contribution is 6.02. The van der Waals surface area contributed by atoms with Crippen molar-refractivity contribution < 1.29 is 29.0 Å². The number of unbranched alkanes of at least 4 members (excludes halogenated alkanes) is 2. The van der Waals surface area contributed by atoms with Gasteiger partial charge in [-0.2, -0.15) is 0 Å². The number of nitrogens with zero attached hydrogens (tertiary/aromatic N) is 2. The van der Waals surface area contributed by atoms with Crippen LogP contribution >= 0.6 is 0 Å². The minimum atomic E-state index is -0.570. The summed E-state index contributed by atoms with van der Waals surface area (Å²) in [5.74, 6) is -0.761. The largest absolute Gasteiger partial charge is 0.485 e. The number of aliphatic hydroxyl groups is 1. The molecular weight excluding hydrogens is 660 g/mol.